The topological polar surface area (TPSA) is 80.7 Å². The van der Waals surface area contributed by atoms with Crippen molar-refractivity contribution in [1.82, 2.24) is 0 Å². The molecule has 0 unspecified atom stereocenters. The standard InChI is InChI=1S/C33H32O5S2/c1-21-14-24(23-10-12-40(37)13-11-23)3-8-28(21)30-20-39-31-9-2-22(15-29(30)31)19-38-27-6-4-25(5-7-27)33(18-32(35)36)16-26(34)17-33/h2-9,14-15,20,23H,10-13,16-19H2,1H3,(H,35,36). The lowest BCUT2D eigenvalue weighted by Gasteiger charge is -2.39. The summed E-state index contributed by atoms with van der Waals surface area (Å²) in [6.45, 7) is 2.60. The lowest BCUT2D eigenvalue weighted by molar-refractivity contribution is -0.141. The average molecular weight is 573 g/mol. The molecule has 1 aromatic heterocycles. The molecular weight excluding hydrogens is 540 g/mol. The van der Waals surface area contributed by atoms with E-state index in [4.69, 9.17) is 4.74 Å². The number of benzene rings is 3. The smallest absolute Gasteiger partial charge is 0.304 e. The molecule has 2 fully saturated rings. The highest BCUT2D eigenvalue weighted by Crippen LogP contribution is 2.45. The van der Waals surface area contributed by atoms with E-state index in [1.54, 1.807) is 11.3 Å². The highest BCUT2D eigenvalue weighted by atomic mass is 32.2. The number of ether oxygens (including phenoxy) is 1. The Morgan fingerprint density at radius 2 is 1.77 bits per heavy atom. The first-order chi connectivity index (χ1) is 19.3. The number of carboxylic acid groups (broad SMARTS) is 1. The van der Waals surface area contributed by atoms with Crippen LogP contribution in [-0.4, -0.2) is 32.6 Å². The normalized spacial score (nSPS) is 20.3. The van der Waals surface area contributed by atoms with E-state index in [2.05, 4.69) is 48.7 Å². The number of hydrogen-bond acceptors (Lipinski definition) is 5. The number of carbonyl (C=O) groups excluding carboxylic acids is 1. The zero-order valence-corrected chi connectivity index (χ0v) is 24.1. The molecule has 0 radical (unpaired) electrons. The van der Waals surface area contributed by atoms with Crippen LogP contribution < -0.4 is 4.74 Å². The fraction of sp³-hybridized carbons (Fsp3) is 0.333. The van der Waals surface area contributed by atoms with Crippen molar-refractivity contribution in [2.45, 2.75) is 57.0 Å². The first kappa shape index (κ1) is 26.9. The van der Waals surface area contributed by atoms with Crippen molar-refractivity contribution in [1.29, 1.82) is 0 Å². The maximum Gasteiger partial charge on any atom is 0.304 e. The number of rotatable bonds is 8. The van der Waals surface area contributed by atoms with Gasteiger partial charge in [0.2, 0.25) is 0 Å². The number of thiophene rings is 1. The van der Waals surface area contributed by atoms with Gasteiger partial charge in [-0.15, -0.1) is 11.3 Å². The summed E-state index contributed by atoms with van der Waals surface area (Å²) in [4.78, 5) is 23.0. The van der Waals surface area contributed by atoms with Crippen LogP contribution in [0.1, 0.15) is 60.3 Å². The van der Waals surface area contributed by atoms with Crippen molar-refractivity contribution >= 4 is 44.0 Å². The number of carboxylic acids is 1. The summed E-state index contributed by atoms with van der Waals surface area (Å²) in [6, 6.07) is 20.8. The van der Waals surface area contributed by atoms with Crippen LogP contribution in [0, 0.1) is 6.92 Å². The SMILES string of the molecule is Cc1cc(C2CCS(=O)CC2)ccc1-c1csc2ccc(COc3ccc(C4(CC(=O)O)CC(=O)C4)cc3)cc12. The molecule has 1 aliphatic carbocycles. The number of hydrogen-bond donors (Lipinski definition) is 1. The van der Waals surface area contributed by atoms with Gasteiger partial charge in [0, 0.05) is 56.2 Å². The van der Waals surface area contributed by atoms with Crippen LogP contribution in [0.4, 0.5) is 0 Å². The van der Waals surface area contributed by atoms with Crippen molar-refractivity contribution in [2.24, 2.45) is 0 Å². The first-order valence-corrected chi connectivity index (χ1v) is 16.1. The van der Waals surface area contributed by atoms with Gasteiger partial charge in [0.05, 0.1) is 6.42 Å². The monoisotopic (exact) mass is 572 g/mol. The summed E-state index contributed by atoms with van der Waals surface area (Å²) in [5, 5.41) is 12.8. The molecule has 2 aliphatic rings. The van der Waals surface area contributed by atoms with Gasteiger partial charge in [0.1, 0.15) is 18.1 Å². The predicted molar refractivity (Wildman–Crippen MR) is 161 cm³/mol. The van der Waals surface area contributed by atoms with Gasteiger partial charge in [-0.3, -0.25) is 13.8 Å². The number of fused-ring (bicyclic) bond motifs is 1. The van der Waals surface area contributed by atoms with Crippen LogP contribution in [0.3, 0.4) is 0 Å². The van der Waals surface area contributed by atoms with E-state index in [0.717, 1.165) is 35.5 Å². The summed E-state index contributed by atoms with van der Waals surface area (Å²) in [5.41, 5.74) is 6.47. The zero-order valence-electron chi connectivity index (χ0n) is 22.5. The number of ketones is 1. The van der Waals surface area contributed by atoms with Crippen molar-refractivity contribution < 1.29 is 23.6 Å². The molecule has 2 heterocycles. The third-order valence-electron chi connectivity index (χ3n) is 8.47. The van der Waals surface area contributed by atoms with Crippen LogP contribution >= 0.6 is 11.3 Å². The molecule has 0 bridgehead atoms. The Morgan fingerprint density at radius 3 is 2.45 bits per heavy atom. The molecule has 1 saturated heterocycles. The number of aliphatic carboxylic acids is 1. The van der Waals surface area contributed by atoms with Crippen LogP contribution in [0.25, 0.3) is 21.2 Å². The maximum absolute atomic E-state index is 11.8. The van der Waals surface area contributed by atoms with Gasteiger partial charge in [-0.05, 0) is 83.1 Å². The molecule has 0 atom stereocenters. The predicted octanol–water partition coefficient (Wildman–Crippen LogP) is 7.16. The molecule has 7 heteroatoms. The Kier molecular flexibility index (Phi) is 7.36. The number of carbonyl (C=O) groups is 2. The van der Waals surface area contributed by atoms with Gasteiger partial charge in [-0.2, -0.15) is 0 Å². The molecule has 4 aromatic rings. The lowest BCUT2D eigenvalue weighted by Crippen LogP contribution is -2.43. The highest BCUT2D eigenvalue weighted by molar-refractivity contribution is 7.85. The Labute approximate surface area is 240 Å². The number of aryl methyl sites for hydroxylation is 1. The van der Waals surface area contributed by atoms with E-state index in [9.17, 15) is 18.9 Å². The molecule has 40 heavy (non-hydrogen) atoms. The second kappa shape index (κ2) is 10.9. The Bertz CT molecular complexity index is 1600. The molecule has 3 aromatic carbocycles. The minimum atomic E-state index is -0.884. The summed E-state index contributed by atoms with van der Waals surface area (Å²) >= 11 is 1.75. The third kappa shape index (κ3) is 5.37. The Balaban J connectivity index is 1.17. The second-order valence-corrected chi connectivity index (χ2v) is 13.8. The van der Waals surface area contributed by atoms with Gasteiger partial charge in [-0.1, -0.05) is 36.4 Å². The molecular formula is C33H32O5S2. The Hall–Kier alpha value is -3.29. The Morgan fingerprint density at radius 1 is 1.02 bits per heavy atom. The number of Topliss-reactive ketones (excluding diaryl/α,β-unsaturated/α-hetero) is 1. The van der Waals surface area contributed by atoms with Gasteiger partial charge in [0.15, 0.2) is 0 Å². The molecule has 1 N–H and O–H groups in total. The lowest BCUT2D eigenvalue weighted by atomic mass is 9.62. The second-order valence-electron chi connectivity index (χ2n) is 11.2. The summed E-state index contributed by atoms with van der Waals surface area (Å²) in [5.74, 6) is 2.05. The third-order valence-corrected chi connectivity index (χ3v) is 10.8. The van der Waals surface area contributed by atoms with Crippen molar-refractivity contribution in [3.63, 3.8) is 0 Å². The summed E-state index contributed by atoms with van der Waals surface area (Å²) in [6.07, 6.45) is 2.54. The van der Waals surface area contributed by atoms with E-state index >= 15 is 0 Å². The van der Waals surface area contributed by atoms with Crippen molar-refractivity contribution in [3.8, 4) is 16.9 Å². The van der Waals surface area contributed by atoms with E-state index in [0.29, 0.717) is 18.3 Å². The molecule has 6 rings (SSSR count). The van der Waals surface area contributed by atoms with Crippen LogP contribution in [-0.2, 0) is 32.4 Å². The quantitative estimate of drug-likeness (QED) is 0.242. The molecule has 5 nitrogen and oxygen atoms in total. The molecule has 0 amide bonds. The van der Waals surface area contributed by atoms with Crippen LogP contribution in [0.5, 0.6) is 5.75 Å². The fourth-order valence-electron chi connectivity index (χ4n) is 6.24. The maximum atomic E-state index is 11.8. The van der Waals surface area contributed by atoms with Gasteiger partial charge in [-0.25, -0.2) is 0 Å². The van der Waals surface area contributed by atoms with Gasteiger partial charge >= 0.3 is 5.97 Å². The van der Waals surface area contributed by atoms with E-state index in [-0.39, 0.29) is 25.0 Å². The van der Waals surface area contributed by atoms with Crippen molar-refractivity contribution in [3.05, 3.63) is 88.3 Å². The minimum absolute atomic E-state index is 0.0349. The molecule has 206 valence electrons. The fourth-order valence-corrected chi connectivity index (χ4v) is 8.48. The molecule has 1 saturated carbocycles. The largest absolute Gasteiger partial charge is 0.489 e. The highest BCUT2D eigenvalue weighted by Gasteiger charge is 2.46. The van der Waals surface area contributed by atoms with Crippen molar-refractivity contribution in [2.75, 3.05) is 11.5 Å². The summed E-state index contributed by atoms with van der Waals surface area (Å²) in [7, 11) is -0.647. The van der Waals surface area contributed by atoms with E-state index in [1.807, 2.05) is 24.3 Å². The van der Waals surface area contributed by atoms with E-state index < -0.39 is 22.2 Å². The minimum Gasteiger partial charge on any atom is -0.489 e. The van der Waals surface area contributed by atoms with Crippen LogP contribution in [0.15, 0.2) is 66.0 Å². The van der Waals surface area contributed by atoms with Gasteiger partial charge in [0.25, 0.3) is 0 Å². The summed E-state index contributed by atoms with van der Waals surface area (Å²) < 4.78 is 19.1. The molecule has 0 spiro atoms. The van der Waals surface area contributed by atoms with Crippen LogP contribution in [0.2, 0.25) is 0 Å². The first-order valence-electron chi connectivity index (χ1n) is 13.7. The zero-order chi connectivity index (χ0) is 27.9. The van der Waals surface area contributed by atoms with E-state index in [1.165, 1.54) is 32.3 Å². The molecule has 1 aliphatic heterocycles. The van der Waals surface area contributed by atoms with Gasteiger partial charge < -0.3 is 9.84 Å². The average Bonchev–Trinajstić information content (AvgIpc) is 3.34.